The van der Waals surface area contributed by atoms with E-state index in [1.807, 2.05) is 121 Å². The largest absolute Gasteiger partial charge is 4.00 e. The fourth-order valence-electron chi connectivity index (χ4n) is 1.28. The monoisotopic (exact) mass is 440 g/mol. The zero-order chi connectivity index (χ0) is 14.1. The van der Waals surface area contributed by atoms with Gasteiger partial charge in [-0.05, 0) is 0 Å². The van der Waals surface area contributed by atoms with Gasteiger partial charge in [0.25, 0.3) is 0 Å². The second kappa shape index (κ2) is 20.2. The fraction of sp³-hybridized carbons (Fsp3) is 0. The van der Waals surface area contributed by atoms with Gasteiger partial charge in [-0.2, -0.15) is 72.8 Å². The molecule has 4 aromatic carbocycles. The van der Waals surface area contributed by atoms with Gasteiger partial charge in [0.2, 0.25) is 0 Å². The molecule has 0 atom stereocenters. The summed E-state index contributed by atoms with van der Waals surface area (Å²) in [5.74, 6) is 0. The van der Waals surface area contributed by atoms with Crippen LogP contribution in [-0.4, -0.2) is 0 Å². The minimum atomic E-state index is 0. The molecule has 22 heavy (non-hydrogen) atoms. The van der Waals surface area contributed by atoms with Gasteiger partial charge in [0, 0.05) is 26.2 Å². The summed E-state index contributed by atoms with van der Waals surface area (Å²) in [5.41, 5.74) is 0. The zero-order valence-corrected chi connectivity index (χ0v) is 17.5. The van der Waals surface area contributed by atoms with Gasteiger partial charge >= 0.3 is 26.2 Å². The van der Waals surface area contributed by atoms with E-state index in [1.165, 1.54) is 0 Å². The van der Waals surface area contributed by atoms with Crippen LogP contribution in [0.1, 0.15) is 0 Å². The van der Waals surface area contributed by atoms with Gasteiger partial charge in [-0.25, -0.2) is 48.5 Å². The van der Waals surface area contributed by atoms with E-state index >= 15 is 0 Å². The Bertz CT molecular complexity index is 341. The molecule has 0 radical (unpaired) electrons. The predicted octanol–water partition coefficient (Wildman–Crippen LogP) is 5.62. The number of hydrogen-bond donors (Lipinski definition) is 0. The van der Waals surface area contributed by atoms with Crippen molar-refractivity contribution in [2.75, 3.05) is 0 Å². The van der Waals surface area contributed by atoms with E-state index in [0.29, 0.717) is 0 Å². The van der Waals surface area contributed by atoms with Gasteiger partial charge < -0.3 is 0 Å². The molecular weight excluding hydrogens is 423 g/mol. The van der Waals surface area contributed by atoms with Crippen molar-refractivity contribution in [3.05, 3.63) is 121 Å². The van der Waals surface area contributed by atoms with Crippen molar-refractivity contribution in [1.29, 1.82) is 0 Å². The molecule has 0 saturated heterocycles. The molecule has 0 spiro atoms. The van der Waals surface area contributed by atoms with Crippen LogP contribution in [0.15, 0.2) is 121 Å². The van der Waals surface area contributed by atoms with Gasteiger partial charge in [0.15, 0.2) is 0 Å². The van der Waals surface area contributed by atoms with Crippen LogP contribution in [0.4, 0.5) is 0 Å². The summed E-state index contributed by atoms with van der Waals surface area (Å²) in [5, 5.41) is 0. The maximum absolute atomic E-state index is 2.00. The summed E-state index contributed by atoms with van der Waals surface area (Å²) in [6, 6.07) is 40.0. The third-order valence-corrected chi connectivity index (χ3v) is 2.22. The predicted molar refractivity (Wildman–Crippen MR) is 88.1 cm³/mol. The van der Waals surface area contributed by atoms with Crippen LogP contribution in [0, 0.1) is 0 Å². The van der Waals surface area contributed by atoms with Crippen molar-refractivity contribution in [2.24, 2.45) is 0 Å². The van der Waals surface area contributed by atoms with Crippen LogP contribution in [-0.2, 0) is 52.4 Å². The van der Waals surface area contributed by atoms with Crippen LogP contribution < -0.4 is 0 Å². The van der Waals surface area contributed by atoms with Crippen molar-refractivity contribution < 1.29 is 52.4 Å². The Kier molecular flexibility index (Phi) is 21.5. The second-order valence-electron chi connectivity index (χ2n) is 3.85. The maximum atomic E-state index is 2.00. The summed E-state index contributed by atoms with van der Waals surface area (Å²) >= 11 is 0. The molecule has 0 aliphatic rings. The Morgan fingerprint density at radius 3 is 0.500 bits per heavy atom. The van der Waals surface area contributed by atoms with E-state index in [0.717, 1.165) is 0 Å². The molecule has 0 unspecified atom stereocenters. The minimum absolute atomic E-state index is 0. The third-order valence-electron chi connectivity index (χ3n) is 2.22. The maximum Gasteiger partial charge on any atom is 4.00 e. The molecule has 0 saturated carbocycles. The Hall–Kier alpha value is -0.834. The fourth-order valence-corrected chi connectivity index (χ4v) is 1.28. The quantitative estimate of drug-likeness (QED) is 0.310. The SMILES string of the molecule is [Zr+4].[Zr].c1cc[cH-]c1.c1cc[cH-]c1.c1cc[cH-]c1.c1cc[cH-]c1. The van der Waals surface area contributed by atoms with Crippen molar-refractivity contribution in [1.82, 2.24) is 0 Å². The van der Waals surface area contributed by atoms with E-state index < -0.39 is 0 Å². The van der Waals surface area contributed by atoms with Crippen molar-refractivity contribution in [3.63, 3.8) is 0 Å². The van der Waals surface area contributed by atoms with Crippen molar-refractivity contribution in [3.8, 4) is 0 Å². The van der Waals surface area contributed by atoms with Gasteiger partial charge in [-0.3, -0.25) is 0 Å². The Morgan fingerprint density at radius 2 is 0.455 bits per heavy atom. The molecular formula is C20H20Zr2. The van der Waals surface area contributed by atoms with E-state index in [2.05, 4.69) is 0 Å². The summed E-state index contributed by atoms with van der Waals surface area (Å²) < 4.78 is 0. The molecule has 0 heterocycles. The Labute approximate surface area is 172 Å². The second-order valence-corrected chi connectivity index (χ2v) is 3.85. The van der Waals surface area contributed by atoms with E-state index in [4.69, 9.17) is 0 Å². The van der Waals surface area contributed by atoms with Crippen LogP contribution in [0.25, 0.3) is 0 Å². The van der Waals surface area contributed by atoms with Gasteiger partial charge in [0.05, 0.1) is 0 Å². The third kappa shape index (κ3) is 17.2. The summed E-state index contributed by atoms with van der Waals surface area (Å²) in [4.78, 5) is 0. The molecule has 0 N–H and O–H groups in total. The molecule has 0 aliphatic carbocycles. The first-order valence-corrected chi connectivity index (χ1v) is 6.67. The Balaban J connectivity index is 0. The molecule has 0 aliphatic heterocycles. The standard InChI is InChI=1S/4C5H5.2Zr/c4*1-2-4-5-3-1;;/h4*1-5H;;/q4*-1;;+4. The molecule has 0 nitrogen and oxygen atoms in total. The average Bonchev–Trinajstić information content (AvgIpc) is 3.40. The van der Waals surface area contributed by atoms with E-state index in [9.17, 15) is 0 Å². The van der Waals surface area contributed by atoms with Crippen LogP contribution >= 0.6 is 0 Å². The summed E-state index contributed by atoms with van der Waals surface area (Å²) in [6.45, 7) is 0. The molecule has 4 aromatic rings. The minimum Gasteiger partial charge on any atom is -0.214 e. The Morgan fingerprint density at radius 1 is 0.318 bits per heavy atom. The topological polar surface area (TPSA) is 0 Å². The first kappa shape index (κ1) is 23.4. The number of hydrogen-bond acceptors (Lipinski definition) is 0. The van der Waals surface area contributed by atoms with Crippen LogP contribution in [0.2, 0.25) is 0 Å². The molecule has 4 rings (SSSR count). The van der Waals surface area contributed by atoms with E-state index in [1.54, 1.807) is 0 Å². The zero-order valence-electron chi connectivity index (χ0n) is 12.5. The summed E-state index contributed by atoms with van der Waals surface area (Å²) in [7, 11) is 0. The average molecular weight is 443 g/mol. The molecule has 2 heteroatoms. The molecule has 108 valence electrons. The normalized spacial score (nSPS) is 7.27. The summed E-state index contributed by atoms with van der Waals surface area (Å²) in [6.07, 6.45) is 0. The van der Waals surface area contributed by atoms with Crippen LogP contribution in [0.5, 0.6) is 0 Å². The van der Waals surface area contributed by atoms with Gasteiger partial charge in [-0.1, -0.05) is 0 Å². The van der Waals surface area contributed by atoms with Crippen LogP contribution in [0.3, 0.4) is 0 Å². The van der Waals surface area contributed by atoms with Crippen molar-refractivity contribution in [2.45, 2.75) is 0 Å². The van der Waals surface area contributed by atoms with E-state index in [-0.39, 0.29) is 52.4 Å². The molecule has 0 fully saturated rings. The first-order chi connectivity index (χ1) is 10.0. The first-order valence-electron chi connectivity index (χ1n) is 6.67. The smallest absolute Gasteiger partial charge is 0.214 e. The number of rotatable bonds is 0. The molecule has 0 bridgehead atoms. The van der Waals surface area contributed by atoms with Crippen molar-refractivity contribution >= 4 is 0 Å². The molecule has 0 amide bonds. The van der Waals surface area contributed by atoms with Gasteiger partial charge in [0.1, 0.15) is 0 Å². The molecule has 0 aromatic heterocycles. The van der Waals surface area contributed by atoms with Gasteiger partial charge in [-0.15, -0.1) is 0 Å².